The topological polar surface area (TPSA) is 54.4 Å². The molecule has 0 aromatic heterocycles. The summed E-state index contributed by atoms with van der Waals surface area (Å²) in [5, 5.41) is 11.3. The van der Waals surface area contributed by atoms with Gasteiger partial charge in [-0.1, -0.05) is 11.6 Å². The molecule has 4 fully saturated rings. The summed E-state index contributed by atoms with van der Waals surface area (Å²) >= 11 is 0. The summed E-state index contributed by atoms with van der Waals surface area (Å²) in [6.45, 7) is 2.90. The lowest BCUT2D eigenvalue weighted by Crippen LogP contribution is -2.70. The Morgan fingerprint density at radius 1 is 1.17 bits per heavy atom. The van der Waals surface area contributed by atoms with Gasteiger partial charge in [0.2, 0.25) is 0 Å². The van der Waals surface area contributed by atoms with Crippen molar-refractivity contribution in [3.63, 3.8) is 0 Å². The summed E-state index contributed by atoms with van der Waals surface area (Å²) in [4.78, 5) is 5.03. The van der Waals surface area contributed by atoms with E-state index in [-0.39, 0.29) is 17.6 Å². The highest BCUT2D eigenvalue weighted by molar-refractivity contribution is 5.72. The van der Waals surface area contributed by atoms with Crippen molar-refractivity contribution in [1.82, 2.24) is 4.90 Å². The molecule has 6 aliphatic rings. The van der Waals surface area contributed by atoms with Crippen LogP contribution in [0.25, 0.3) is 0 Å². The Kier molecular flexibility index (Phi) is 3.21. The van der Waals surface area contributed by atoms with Crippen LogP contribution in [0.4, 0.5) is 5.69 Å². The van der Waals surface area contributed by atoms with Crippen molar-refractivity contribution in [2.75, 3.05) is 38.8 Å². The molecule has 0 radical (unpaired) electrons. The van der Waals surface area contributed by atoms with Gasteiger partial charge in [0, 0.05) is 48.1 Å². The molecule has 1 aromatic carbocycles. The molecular formula is C23H28N2O4. The lowest BCUT2D eigenvalue weighted by molar-refractivity contribution is -0.0910. The Hall–Kier alpha value is -1.76. The first kappa shape index (κ1) is 17.0. The fourth-order valence-electron chi connectivity index (χ4n) is 8.05. The zero-order valence-electron chi connectivity index (χ0n) is 17.0. The van der Waals surface area contributed by atoms with Crippen molar-refractivity contribution in [2.24, 2.45) is 11.8 Å². The van der Waals surface area contributed by atoms with Crippen molar-refractivity contribution in [3.8, 4) is 11.5 Å². The molecule has 1 N–H and O–H groups in total. The number of ether oxygens (including phenoxy) is 3. The van der Waals surface area contributed by atoms with Gasteiger partial charge in [-0.3, -0.25) is 4.90 Å². The van der Waals surface area contributed by atoms with Crippen LogP contribution in [0.1, 0.15) is 24.8 Å². The molecule has 2 bridgehead atoms. The number of benzene rings is 1. The third-order valence-electron chi connectivity index (χ3n) is 8.97. The molecule has 5 aliphatic heterocycles. The average molecular weight is 396 g/mol. The van der Waals surface area contributed by atoms with Gasteiger partial charge in [-0.25, -0.2) is 0 Å². The minimum absolute atomic E-state index is 0.0366. The minimum atomic E-state index is -0.521. The van der Waals surface area contributed by atoms with E-state index < -0.39 is 6.23 Å². The molecule has 154 valence electrons. The molecule has 7 rings (SSSR count). The number of methoxy groups -OCH3 is 2. The number of hydrogen-bond donors (Lipinski definition) is 1. The van der Waals surface area contributed by atoms with E-state index in [1.807, 2.05) is 0 Å². The zero-order valence-corrected chi connectivity index (χ0v) is 17.0. The van der Waals surface area contributed by atoms with Gasteiger partial charge in [0.15, 0.2) is 11.5 Å². The van der Waals surface area contributed by atoms with Crippen LogP contribution in [0.15, 0.2) is 23.8 Å². The second kappa shape index (κ2) is 5.48. The zero-order chi connectivity index (χ0) is 19.5. The average Bonchev–Trinajstić information content (AvgIpc) is 3.20. The van der Waals surface area contributed by atoms with E-state index in [0.29, 0.717) is 30.9 Å². The molecule has 6 nitrogen and oxygen atoms in total. The fourth-order valence-corrected chi connectivity index (χ4v) is 8.05. The number of piperidine rings is 2. The van der Waals surface area contributed by atoms with E-state index in [1.54, 1.807) is 19.8 Å². The Morgan fingerprint density at radius 3 is 2.83 bits per heavy atom. The standard InChI is InChI=1S/C23H28N2O4/c1-27-16-8-14-15(9-17(16)28-2)25-20(26)10-18-21-13-7-19-23(14,22(21)25)4-5-24(19)11-12(13)3-6-29-18/h3,8-9,13,18-22,26H,4-7,10-11H2,1-2H3/t13-,18+,19-,20-,21+,22+,23-/m0/s1. The number of aliphatic hydroxyl groups is 1. The number of fused-ring (bicyclic) bond motifs is 2. The van der Waals surface area contributed by atoms with E-state index in [0.717, 1.165) is 36.7 Å². The summed E-state index contributed by atoms with van der Waals surface area (Å²) in [6, 6.07) is 5.11. The molecule has 0 unspecified atom stereocenters. The minimum Gasteiger partial charge on any atom is -0.493 e. The lowest BCUT2D eigenvalue weighted by Gasteiger charge is -2.60. The van der Waals surface area contributed by atoms with Gasteiger partial charge in [-0.05, 0) is 36.9 Å². The van der Waals surface area contributed by atoms with Gasteiger partial charge >= 0.3 is 0 Å². The molecule has 7 atom stereocenters. The van der Waals surface area contributed by atoms with Crippen molar-refractivity contribution in [3.05, 3.63) is 29.3 Å². The van der Waals surface area contributed by atoms with Gasteiger partial charge in [0.25, 0.3) is 0 Å². The summed E-state index contributed by atoms with van der Waals surface area (Å²) < 4.78 is 17.7. The molecule has 1 saturated carbocycles. The molecule has 3 saturated heterocycles. The van der Waals surface area contributed by atoms with Crippen LogP contribution in [0.2, 0.25) is 0 Å². The smallest absolute Gasteiger partial charge is 0.162 e. The van der Waals surface area contributed by atoms with Gasteiger partial charge in [0.05, 0.1) is 26.9 Å². The predicted molar refractivity (Wildman–Crippen MR) is 108 cm³/mol. The quantitative estimate of drug-likeness (QED) is 0.771. The number of anilines is 1. The highest BCUT2D eigenvalue weighted by Gasteiger charge is 2.71. The second-order valence-electron chi connectivity index (χ2n) is 9.64. The van der Waals surface area contributed by atoms with Crippen LogP contribution < -0.4 is 14.4 Å². The van der Waals surface area contributed by atoms with E-state index in [2.05, 4.69) is 28.0 Å². The number of nitrogens with zero attached hydrogens (tertiary/aromatic N) is 2. The number of hydrogen-bond acceptors (Lipinski definition) is 6. The Bertz CT molecular complexity index is 932. The monoisotopic (exact) mass is 396 g/mol. The van der Waals surface area contributed by atoms with Crippen molar-refractivity contribution < 1.29 is 19.3 Å². The van der Waals surface area contributed by atoms with E-state index in [1.165, 1.54) is 12.0 Å². The summed E-state index contributed by atoms with van der Waals surface area (Å²) in [5.74, 6) is 2.55. The molecular weight excluding hydrogens is 368 g/mol. The van der Waals surface area contributed by atoms with Crippen LogP contribution >= 0.6 is 0 Å². The predicted octanol–water partition coefficient (Wildman–Crippen LogP) is 1.90. The van der Waals surface area contributed by atoms with E-state index >= 15 is 0 Å². The lowest BCUT2D eigenvalue weighted by atomic mass is 9.53. The Morgan fingerprint density at radius 2 is 2.00 bits per heavy atom. The highest BCUT2D eigenvalue weighted by atomic mass is 16.5. The molecule has 1 aromatic rings. The van der Waals surface area contributed by atoms with Gasteiger partial charge < -0.3 is 24.2 Å². The molecule has 5 heterocycles. The third-order valence-corrected chi connectivity index (χ3v) is 8.97. The van der Waals surface area contributed by atoms with Crippen LogP contribution in [-0.2, 0) is 10.2 Å². The molecule has 0 amide bonds. The van der Waals surface area contributed by atoms with Gasteiger partial charge in [-0.15, -0.1) is 0 Å². The summed E-state index contributed by atoms with van der Waals surface area (Å²) in [7, 11) is 3.40. The SMILES string of the molecule is COc1cc2c(cc1OC)[C@]13CCN4CC5=CCO[C@@H]6C[C@H](O)N2[C@@H]1[C@@H]6[C@H]5C[C@H]43. The molecule has 1 aliphatic carbocycles. The van der Waals surface area contributed by atoms with Gasteiger partial charge in [0.1, 0.15) is 6.23 Å². The molecule has 29 heavy (non-hydrogen) atoms. The summed E-state index contributed by atoms with van der Waals surface area (Å²) in [5.41, 5.74) is 4.10. The maximum Gasteiger partial charge on any atom is 0.162 e. The Labute approximate surface area is 171 Å². The van der Waals surface area contributed by atoms with E-state index in [4.69, 9.17) is 14.2 Å². The van der Waals surface area contributed by atoms with Crippen LogP contribution in [0, 0.1) is 11.8 Å². The van der Waals surface area contributed by atoms with Gasteiger partial charge in [-0.2, -0.15) is 0 Å². The van der Waals surface area contributed by atoms with Crippen LogP contribution in [0.5, 0.6) is 11.5 Å². The maximum atomic E-state index is 11.3. The molecule has 6 heteroatoms. The van der Waals surface area contributed by atoms with Crippen molar-refractivity contribution in [1.29, 1.82) is 0 Å². The Balaban J connectivity index is 1.51. The first-order valence-electron chi connectivity index (χ1n) is 10.9. The number of rotatable bonds is 2. The normalized spacial score (nSPS) is 43.6. The first-order valence-corrected chi connectivity index (χ1v) is 10.9. The summed E-state index contributed by atoms with van der Waals surface area (Å²) in [6.07, 6.45) is 4.98. The fraction of sp³-hybridized carbons (Fsp3) is 0.652. The maximum absolute atomic E-state index is 11.3. The largest absolute Gasteiger partial charge is 0.493 e. The highest BCUT2D eigenvalue weighted by Crippen LogP contribution is 2.67. The molecule has 1 spiro atoms. The van der Waals surface area contributed by atoms with Crippen LogP contribution in [0.3, 0.4) is 0 Å². The second-order valence-corrected chi connectivity index (χ2v) is 9.64. The van der Waals surface area contributed by atoms with Crippen molar-refractivity contribution >= 4 is 5.69 Å². The number of aliphatic hydroxyl groups excluding tert-OH is 1. The third kappa shape index (κ3) is 1.81. The first-order chi connectivity index (χ1) is 14.2. The van der Waals surface area contributed by atoms with Crippen LogP contribution in [-0.4, -0.2) is 68.3 Å². The van der Waals surface area contributed by atoms with E-state index in [9.17, 15) is 5.11 Å². The van der Waals surface area contributed by atoms with Crippen molar-refractivity contribution in [2.45, 2.75) is 49.1 Å².